The Labute approximate surface area is 82.4 Å². The first kappa shape index (κ1) is 8.99. The van der Waals surface area contributed by atoms with Crippen LogP contribution in [0.25, 0.3) is 0 Å². The van der Waals surface area contributed by atoms with Gasteiger partial charge < -0.3 is 10.3 Å². The van der Waals surface area contributed by atoms with Crippen LogP contribution in [-0.4, -0.2) is 15.9 Å². The van der Waals surface area contributed by atoms with Crippen LogP contribution in [0.2, 0.25) is 0 Å². The number of nitrogens with zero attached hydrogens (tertiary/aromatic N) is 1. The number of amides is 1. The van der Waals surface area contributed by atoms with Gasteiger partial charge in [0.15, 0.2) is 0 Å². The summed E-state index contributed by atoms with van der Waals surface area (Å²) in [5.74, 6) is 0.266. The van der Waals surface area contributed by atoms with Gasteiger partial charge in [0.05, 0.1) is 18.6 Å². The number of carbonyl (C=O) groups is 1. The Morgan fingerprint density at radius 3 is 3.00 bits per heavy atom. The van der Waals surface area contributed by atoms with Gasteiger partial charge in [-0.05, 0) is 12.8 Å². The van der Waals surface area contributed by atoms with E-state index in [4.69, 9.17) is 0 Å². The smallest absolute Gasteiger partial charge is 0.224 e. The third-order valence-electron chi connectivity index (χ3n) is 2.39. The molecule has 2 rings (SSSR count). The van der Waals surface area contributed by atoms with E-state index >= 15 is 0 Å². The average molecular weight is 191 g/mol. The molecule has 0 aromatic carbocycles. The van der Waals surface area contributed by atoms with E-state index < -0.39 is 0 Å². The molecular weight excluding hydrogens is 178 g/mol. The molecule has 1 aliphatic rings. The molecule has 2 N–H and O–H groups in total. The fraction of sp³-hybridized carbons (Fsp3) is 0.400. The second-order valence-electron chi connectivity index (χ2n) is 3.43. The van der Waals surface area contributed by atoms with Gasteiger partial charge in [-0.15, -0.1) is 0 Å². The number of hydrogen-bond donors (Lipinski definition) is 2. The van der Waals surface area contributed by atoms with E-state index in [0.29, 0.717) is 6.54 Å². The Bertz CT molecular complexity index is 321. The predicted molar refractivity (Wildman–Crippen MR) is 52.3 cm³/mol. The van der Waals surface area contributed by atoms with Gasteiger partial charge in [0.25, 0.3) is 0 Å². The lowest BCUT2D eigenvalue weighted by Gasteiger charge is -2.08. The number of nitrogens with one attached hydrogen (secondary N) is 2. The van der Waals surface area contributed by atoms with Crippen LogP contribution < -0.4 is 5.32 Å². The quantitative estimate of drug-likeness (QED) is 0.700. The van der Waals surface area contributed by atoms with Crippen molar-refractivity contribution < 1.29 is 4.79 Å². The van der Waals surface area contributed by atoms with Crippen molar-refractivity contribution in [3.8, 4) is 0 Å². The van der Waals surface area contributed by atoms with E-state index in [1.165, 1.54) is 0 Å². The minimum atomic E-state index is 0.129. The first-order valence-corrected chi connectivity index (χ1v) is 4.76. The summed E-state index contributed by atoms with van der Waals surface area (Å²) < 4.78 is 0. The summed E-state index contributed by atoms with van der Waals surface area (Å²) >= 11 is 0. The zero-order valence-corrected chi connectivity index (χ0v) is 7.86. The molecule has 0 unspecified atom stereocenters. The second-order valence-corrected chi connectivity index (χ2v) is 3.43. The maximum Gasteiger partial charge on any atom is 0.224 e. The van der Waals surface area contributed by atoms with E-state index in [2.05, 4.69) is 27.4 Å². The molecule has 0 radical (unpaired) electrons. The minimum absolute atomic E-state index is 0.129. The average Bonchev–Trinajstić information content (AvgIpc) is 2.87. The van der Waals surface area contributed by atoms with Crippen LogP contribution in [0.3, 0.4) is 0 Å². The molecule has 0 spiro atoms. The molecule has 14 heavy (non-hydrogen) atoms. The number of aromatic amines is 1. The summed E-state index contributed by atoms with van der Waals surface area (Å²) in [6, 6.07) is 0. The zero-order valence-electron chi connectivity index (χ0n) is 7.86. The van der Waals surface area contributed by atoms with Crippen molar-refractivity contribution >= 4 is 5.91 Å². The highest BCUT2D eigenvalue weighted by molar-refractivity contribution is 5.79. The third-order valence-corrected chi connectivity index (χ3v) is 2.39. The van der Waals surface area contributed by atoms with E-state index in [0.717, 1.165) is 18.5 Å². The number of H-pyrrole nitrogens is 1. The topological polar surface area (TPSA) is 57.8 Å². The molecule has 1 amide bonds. The molecule has 0 bridgehead atoms. The molecule has 0 fully saturated rings. The molecule has 0 atom stereocenters. The first-order chi connectivity index (χ1) is 6.86. The molecule has 1 heterocycles. The Kier molecular flexibility index (Phi) is 2.62. The molecule has 4 heteroatoms. The molecule has 0 saturated heterocycles. The van der Waals surface area contributed by atoms with Crippen molar-refractivity contribution in [1.82, 2.24) is 15.3 Å². The number of rotatable bonds is 3. The van der Waals surface area contributed by atoms with E-state index in [1.54, 1.807) is 12.5 Å². The Morgan fingerprint density at radius 1 is 1.57 bits per heavy atom. The zero-order chi connectivity index (χ0) is 9.80. The lowest BCUT2D eigenvalue weighted by Crippen LogP contribution is -2.28. The van der Waals surface area contributed by atoms with Crippen LogP contribution in [0.5, 0.6) is 0 Å². The SMILES string of the molecule is O=C(NCc1cnc[nH]1)C1CC=CC1. The number of hydrogen-bond acceptors (Lipinski definition) is 2. The van der Waals surface area contributed by atoms with Crippen LogP contribution in [0.1, 0.15) is 18.5 Å². The van der Waals surface area contributed by atoms with Crippen LogP contribution >= 0.6 is 0 Å². The summed E-state index contributed by atoms with van der Waals surface area (Å²) in [6.07, 6.45) is 9.18. The lowest BCUT2D eigenvalue weighted by atomic mass is 10.1. The fourth-order valence-corrected chi connectivity index (χ4v) is 1.54. The molecule has 0 aliphatic heterocycles. The van der Waals surface area contributed by atoms with Gasteiger partial charge in [-0.3, -0.25) is 4.79 Å². The lowest BCUT2D eigenvalue weighted by molar-refractivity contribution is -0.124. The van der Waals surface area contributed by atoms with Gasteiger partial charge >= 0.3 is 0 Å². The Balaban J connectivity index is 1.78. The fourth-order valence-electron chi connectivity index (χ4n) is 1.54. The van der Waals surface area contributed by atoms with Gasteiger partial charge in [0.2, 0.25) is 5.91 Å². The largest absolute Gasteiger partial charge is 0.350 e. The maximum atomic E-state index is 11.6. The summed E-state index contributed by atoms with van der Waals surface area (Å²) in [5, 5.41) is 2.88. The van der Waals surface area contributed by atoms with Crippen molar-refractivity contribution in [2.75, 3.05) is 0 Å². The Morgan fingerprint density at radius 2 is 2.36 bits per heavy atom. The third kappa shape index (κ3) is 2.02. The van der Waals surface area contributed by atoms with Crippen LogP contribution in [0, 0.1) is 5.92 Å². The standard InChI is InChI=1S/C10H13N3O/c14-10(8-3-1-2-4-8)12-6-9-5-11-7-13-9/h1-2,5,7-8H,3-4,6H2,(H,11,13)(H,12,14). The highest BCUT2D eigenvalue weighted by Crippen LogP contribution is 2.17. The van der Waals surface area contributed by atoms with Gasteiger partial charge in [0, 0.05) is 12.1 Å². The number of aromatic nitrogens is 2. The van der Waals surface area contributed by atoms with Crippen molar-refractivity contribution in [3.05, 3.63) is 30.4 Å². The molecule has 1 aromatic rings. The van der Waals surface area contributed by atoms with E-state index in [9.17, 15) is 4.79 Å². The van der Waals surface area contributed by atoms with Crippen LogP contribution in [-0.2, 0) is 11.3 Å². The second kappa shape index (κ2) is 4.09. The molecular formula is C10H13N3O. The molecule has 1 aliphatic carbocycles. The van der Waals surface area contributed by atoms with Gasteiger partial charge in [-0.1, -0.05) is 12.2 Å². The van der Waals surface area contributed by atoms with Crippen LogP contribution in [0.15, 0.2) is 24.7 Å². The van der Waals surface area contributed by atoms with Crippen molar-refractivity contribution in [1.29, 1.82) is 0 Å². The van der Waals surface area contributed by atoms with Crippen molar-refractivity contribution in [3.63, 3.8) is 0 Å². The molecule has 4 nitrogen and oxygen atoms in total. The first-order valence-electron chi connectivity index (χ1n) is 4.76. The number of imidazole rings is 1. The maximum absolute atomic E-state index is 11.6. The summed E-state index contributed by atoms with van der Waals surface area (Å²) in [5.41, 5.74) is 0.935. The highest BCUT2D eigenvalue weighted by Gasteiger charge is 2.18. The van der Waals surface area contributed by atoms with E-state index in [-0.39, 0.29) is 11.8 Å². The molecule has 1 aromatic heterocycles. The molecule has 74 valence electrons. The van der Waals surface area contributed by atoms with E-state index in [1.807, 2.05) is 0 Å². The van der Waals surface area contributed by atoms with Gasteiger partial charge in [-0.2, -0.15) is 0 Å². The summed E-state index contributed by atoms with van der Waals surface area (Å²) in [4.78, 5) is 18.4. The van der Waals surface area contributed by atoms with Gasteiger partial charge in [0.1, 0.15) is 0 Å². The minimum Gasteiger partial charge on any atom is -0.350 e. The summed E-state index contributed by atoms with van der Waals surface area (Å²) in [6.45, 7) is 0.537. The van der Waals surface area contributed by atoms with Crippen molar-refractivity contribution in [2.45, 2.75) is 19.4 Å². The predicted octanol–water partition coefficient (Wildman–Crippen LogP) is 0.992. The number of carbonyl (C=O) groups excluding carboxylic acids is 1. The monoisotopic (exact) mass is 191 g/mol. The highest BCUT2D eigenvalue weighted by atomic mass is 16.1. The van der Waals surface area contributed by atoms with Crippen LogP contribution in [0.4, 0.5) is 0 Å². The number of allylic oxidation sites excluding steroid dienone is 2. The summed E-state index contributed by atoms with van der Waals surface area (Å²) in [7, 11) is 0. The normalized spacial score (nSPS) is 16.0. The Hall–Kier alpha value is -1.58. The van der Waals surface area contributed by atoms with Crippen molar-refractivity contribution in [2.24, 2.45) is 5.92 Å². The molecule has 0 saturated carbocycles. The van der Waals surface area contributed by atoms with Gasteiger partial charge in [-0.25, -0.2) is 4.98 Å².